The van der Waals surface area contributed by atoms with Gasteiger partial charge in [-0.3, -0.25) is 4.68 Å². The van der Waals surface area contributed by atoms with Crippen LogP contribution in [-0.4, -0.2) is 14.9 Å². The number of rotatable bonds is 4. The third-order valence-electron chi connectivity index (χ3n) is 3.68. The molecule has 0 unspecified atom stereocenters. The Morgan fingerprint density at radius 2 is 1.77 bits per heavy atom. The maximum Gasteiger partial charge on any atom is 0.176 e. The fourth-order valence-electron chi connectivity index (χ4n) is 2.34. The van der Waals surface area contributed by atoms with Gasteiger partial charge < -0.3 is 10.6 Å². The van der Waals surface area contributed by atoms with Gasteiger partial charge in [0.1, 0.15) is 0 Å². The van der Waals surface area contributed by atoms with Crippen LogP contribution in [0, 0.1) is 6.92 Å². The van der Waals surface area contributed by atoms with Gasteiger partial charge in [-0.1, -0.05) is 46.9 Å². The van der Waals surface area contributed by atoms with Gasteiger partial charge in [0.2, 0.25) is 0 Å². The Kier molecular flexibility index (Phi) is 6.04. The lowest BCUT2D eigenvalue weighted by molar-refractivity contribution is 0.690. The molecule has 0 saturated carbocycles. The zero-order valence-electron chi connectivity index (χ0n) is 13.8. The number of thiocarbonyl (C=S) groups is 1. The fraction of sp³-hybridized carbons (Fsp3) is 0.111. The molecule has 4 nitrogen and oxygen atoms in total. The average molecular weight is 426 g/mol. The molecule has 8 heteroatoms. The van der Waals surface area contributed by atoms with Crippen molar-refractivity contribution in [3.8, 4) is 0 Å². The van der Waals surface area contributed by atoms with Crippen molar-refractivity contribution >= 4 is 63.6 Å². The summed E-state index contributed by atoms with van der Waals surface area (Å²) in [4.78, 5) is 0. The van der Waals surface area contributed by atoms with Crippen LogP contribution in [-0.2, 0) is 6.54 Å². The second-order valence-corrected chi connectivity index (χ2v) is 7.36. The zero-order valence-corrected chi connectivity index (χ0v) is 16.8. The van der Waals surface area contributed by atoms with Crippen LogP contribution in [0.5, 0.6) is 0 Å². The largest absolute Gasteiger partial charge is 0.332 e. The monoisotopic (exact) mass is 424 g/mol. The standard InChI is InChI=1S/C18H15Cl3N4S/c1-11-2-4-14(20)9-16(11)22-18(26)23-17-6-7-25(24-17)10-12-3-5-13(19)8-15(12)21/h2-9H,10H2,1H3,(H2,22,23,24,26). The van der Waals surface area contributed by atoms with Gasteiger partial charge in [-0.05, 0) is 54.5 Å². The van der Waals surface area contributed by atoms with Crippen LogP contribution in [0.2, 0.25) is 15.1 Å². The summed E-state index contributed by atoms with van der Waals surface area (Å²) < 4.78 is 1.77. The van der Waals surface area contributed by atoms with Crippen LogP contribution in [0.3, 0.4) is 0 Å². The smallest absolute Gasteiger partial charge is 0.176 e. The van der Waals surface area contributed by atoms with E-state index in [2.05, 4.69) is 15.7 Å². The first-order valence-corrected chi connectivity index (χ1v) is 9.26. The highest BCUT2D eigenvalue weighted by molar-refractivity contribution is 7.80. The summed E-state index contributed by atoms with van der Waals surface area (Å²) in [6.07, 6.45) is 1.85. The Hall–Kier alpha value is -1.79. The van der Waals surface area contributed by atoms with Crippen molar-refractivity contribution in [2.45, 2.75) is 13.5 Å². The van der Waals surface area contributed by atoms with Crippen LogP contribution in [0.15, 0.2) is 48.7 Å². The Bertz CT molecular complexity index is 955. The van der Waals surface area contributed by atoms with E-state index in [1.165, 1.54) is 0 Å². The number of anilines is 2. The second-order valence-electron chi connectivity index (χ2n) is 5.67. The lowest BCUT2D eigenvalue weighted by Crippen LogP contribution is -2.20. The van der Waals surface area contributed by atoms with Gasteiger partial charge >= 0.3 is 0 Å². The molecular weight excluding hydrogens is 411 g/mol. The van der Waals surface area contributed by atoms with Crippen molar-refractivity contribution in [2.75, 3.05) is 10.6 Å². The number of nitrogens with one attached hydrogen (secondary N) is 2. The highest BCUT2D eigenvalue weighted by Gasteiger charge is 2.07. The zero-order chi connectivity index (χ0) is 18.7. The average Bonchev–Trinajstić information content (AvgIpc) is 3.00. The van der Waals surface area contributed by atoms with Crippen LogP contribution in [0.1, 0.15) is 11.1 Å². The molecule has 3 rings (SSSR count). The Morgan fingerprint density at radius 3 is 2.54 bits per heavy atom. The van der Waals surface area contributed by atoms with Crippen molar-refractivity contribution < 1.29 is 0 Å². The molecule has 0 radical (unpaired) electrons. The third kappa shape index (κ3) is 4.89. The van der Waals surface area contributed by atoms with Crippen molar-refractivity contribution in [3.63, 3.8) is 0 Å². The van der Waals surface area contributed by atoms with Gasteiger partial charge in [-0.2, -0.15) is 5.10 Å². The van der Waals surface area contributed by atoms with Crippen LogP contribution < -0.4 is 10.6 Å². The van der Waals surface area contributed by atoms with Crippen molar-refractivity contribution in [1.29, 1.82) is 0 Å². The van der Waals surface area contributed by atoms with E-state index in [0.717, 1.165) is 16.8 Å². The summed E-state index contributed by atoms with van der Waals surface area (Å²) in [5.74, 6) is 0.632. The number of aryl methyl sites for hydroxylation is 1. The van der Waals surface area contributed by atoms with Crippen molar-refractivity contribution in [2.24, 2.45) is 0 Å². The van der Waals surface area contributed by atoms with E-state index >= 15 is 0 Å². The van der Waals surface area contributed by atoms with Crippen LogP contribution >= 0.6 is 47.0 Å². The molecule has 0 aliphatic rings. The minimum Gasteiger partial charge on any atom is -0.332 e. The predicted molar refractivity (Wildman–Crippen MR) is 114 cm³/mol. The second kappa shape index (κ2) is 8.27. The Labute approximate surface area is 172 Å². The van der Waals surface area contributed by atoms with Gasteiger partial charge in [0, 0.05) is 33.0 Å². The molecule has 0 aliphatic heterocycles. The molecular formula is C18H15Cl3N4S. The SMILES string of the molecule is Cc1ccc(Cl)cc1NC(=S)Nc1ccn(Cc2ccc(Cl)cc2Cl)n1. The molecule has 2 aromatic carbocycles. The number of hydrogen-bond acceptors (Lipinski definition) is 2. The topological polar surface area (TPSA) is 41.9 Å². The summed E-state index contributed by atoms with van der Waals surface area (Å²) in [6.45, 7) is 2.51. The first-order valence-electron chi connectivity index (χ1n) is 7.72. The summed E-state index contributed by atoms with van der Waals surface area (Å²) in [5, 5.41) is 12.9. The number of aromatic nitrogens is 2. The molecule has 0 atom stereocenters. The van der Waals surface area contributed by atoms with E-state index in [1.54, 1.807) is 16.8 Å². The van der Waals surface area contributed by atoms with E-state index in [4.69, 9.17) is 47.0 Å². The maximum atomic E-state index is 6.21. The number of hydrogen-bond donors (Lipinski definition) is 2. The molecule has 3 aromatic rings. The predicted octanol–water partition coefficient (Wildman–Crippen LogP) is 6.01. The van der Waals surface area contributed by atoms with E-state index in [0.29, 0.717) is 32.5 Å². The number of nitrogens with zero attached hydrogens (tertiary/aromatic N) is 2. The molecule has 0 fully saturated rings. The van der Waals surface area contributed by atoms with Gasteiger partial charge in [0.15, 0.2) is 10.9 Å². The summed E-state index contributed by atoms with van der Waals surface area (Å²) in [6, 6.07) is 12.8. The third-order valence-corrected chi connectivity index (χ3v) is 4.70. The minimum atomic E-state index is 0.435. The van der Waals surface area contributed by atoms with E-state index < -0.39 is 0 Å². The van der Waals surface area contributed by atoms with E-state index in [1.807, 2.05) is 43.5 Å². The maximum absolute atomic E-state index is 6.21. The molecule has 0 aliphatic carbocycles. The van der Waals surface area contributed by atoms with Crippen molar-refractivity contribution in [1.82, 2.24) is 9.78 Å². The first kappa shape index (κ1) is 19.0. The highest BCUT2D eigenvalue weighted by atomic mass is 35.5. The van der Waals surface area contributed by atoms with Gasteiger partial charge in [0.25, 0.3) is 0 Å². The molecule has 1 aromatic heterocycles. The highest BCUT2D eigenvalue weighted by Crippen LogP contribution is 2.22. The van der Waals surface area contributed by atoms with E-state index in [-0.39, 0.29) is 0 Å². The molecule has 26 heavy (non-hydrogen) atoms. The molecule has 0 amide bonds. The molecule has 0 spiro atoms. The van der Waals surface area contributed by atoms with Crippen LogP contribution in [0.4, 0.5) is 11.5 Å². The number of benzene rings is 2. The van der Waals surface area contributed by atoms with Crippen LogP contribution in [0.25, 0.3) is 0 Å². The van der Waals surface area contributed by atoms with Crippen molar-refractivity contribution in [3.05, 3.63) is 74.9 Å². The Balaban J connectivity index is 1.64. The quantitative estimate of drug-likeness (QED) is 0.502. The number of halogens is 3. The normalized spacial score (nSPS) is 10.6. The molecule has 0 bridgehead atoms. The molecule has 134 valence electrons. The Morgan fingerprint density at radius 1 is 1.04 bits per heavy atom. The molecule has 0 saturated heterocycles. The summed E-state index contributed by atoms with van der Waals surface area (Å²) >= 11 is 23.5. The lowest BCUT2D eigenvalue weighted by atomic mass is 10.2. The van der Waals surface area contributed by atoms with Gasteiger partial charge in [0.05, 0.1) is 6.54 Å². The van der Waals surface area contributed by atoms with Gasteiger partial charge in [-0.25, -0.2) is 0 Å². The molecule has 1 heterocycles. The minimum absolute atomic E-state index is 0.435. The van der Waals surface area contributed by atoms with Gasteiger partial charge in [-0.15, -0.1) is 0 Å². The lowest BCUT2D eigenvalue weighted by Gasteiger charge is -2.11. The fourth-order valence-corrected chi connectivity index (χ4v) is 3.19. The van der Waals surface area contributed by atoms with E-state index in [9.17, 15) is 0 Å². The first-order chi connectivity index (χ1) is 12.4. The molecule has 2 N–H and O–H groups in total. The summed E-state index contributed by atoms with van der Waals surface area (Å²) in [5.41, 5.74) is 2.82. The summed E-state index contributed by atoms with van der Waals surface area (Å²) in [7, 11) is 0.